The highest BCUT2D eigenvalue weighted by molar-refractivity contribution is 5.89. The summed E-state index contributed by atoms with van der Waals surface area (Å²) in [7, 11) is 1.63. The van der Waals surface area contributed by atoms with Crippen LogP contribution in [0.2, 0.25) is 0 Å². The monoisotopic (exact) mass is 247 g/mol. The third-order valence-corrected chi connectivity index (χ3v) is 3.27. The van der Waals surface area contributed by atoms with Crippen molar-refractivity contribution in [2.75, 3.05) is 7.11 Å². The molecule has 1 aromatic carbocycles. The maximum Gasteiger partial charge on any atom is 0.312 e. The predicted octanol–water partition coefficient (Wildman–Crippen LogP) is 2.86. The van der Waals surface area contributed by atoms with Crippen molar-refractivity contribution in [3.63, 3.8) is 0 Å². The van der Waals surface area contributed by atoms with Crippen LogP contribution in [-0.2, 0) is 11.3 Å². The van der Waals surface area contributed by atoms with Gasteiger partial charge in [-0.05, 0) is 26.0 Å². The predicted molar refractivity (Wildman–Crippen MR) is 70.2 cm³/mol. The number of carboxylic acid groups (broad SMARTS) is 1. The van der Waals surface area contributed by atoms with E-state index in [1.165, 1.54) is 0 Å². The quantitative estimate of drug-likeness (QED) is 0.903. The van der Waals surface area contributed by atoms with Gasteiger partial charge in [0.25, 0.3) is 0 Å². The van der Waals surface area contributed by atoms with Crippen LogP contribution in [0.5, 0.6) is 5.75 Å². The van der Waals surface area contributed by atoms with Crippen LogP contribution in [0.4, 0.5) is 0 Å². The first kappa shape index (κ1) is 12.5. The second kappa shape index (κ2) is 4.72. The summed E-state index contributed by atoms with van der Waals surface area (Å²) in [6.45, 7) is 4.43. The molecule has 1 atom stereocenters. The summed E-state index contributed by atoms with van der Waals surface area (Å²) in [5.74, 6) is -0.563. The molecule has 96 valence electrons. The number of hydrogen-bond acceptors (Lipinski definition) is 2. The van der Waals surface area contributed by atoms with E-state index in [4.69, 9.17) is 9.84 Å². The normalized spacial score (nSPS) is 12.6. The molecule has 2 aromatic rings. The molecule has 4 nitrogen and oxygen atoms in total. The van der Waals surface area contributed by atoms with Crippen LogP contribution in [0.3, 0.4) is 0 Å². The fraction of sp³-hybridized carbons (Fsp3) is 0.357. The van der Waals surface area contributed by atoms with Gasteiger partial charge in [0, 0.05) is 17.6 Å². The van der Waals surface area contributed by atoms with Crippen molar-refractivity contribution >= 4 is 16.9 Å². The highest BCUT2D eigenvalue weighted by Crippen LogP contribution is 2.31. The van der Waals surface area contributed by atoms with E-state index in [1.807, 2.05) is 35.8 Å². The number of carboxylic acids is 1. The van der Waals surface area contributed by atoms with Gasteiger partial charge >= 0.3 is 5.97 Å². The molecule has 4 heteroatoms. The highest BCUT2D eigenvalue weighted by Gasteiger charge is 2.20. The van der Waals surface area contributed by atoms with Gasteiger partial charge in [0.15, 0.2) is 0 Å². The topological polar surface area (TPSA) is 51.5 Å². The zero-order chi connectivity index (χ0) is 13.3. The zero-order valence-corrected chi connectivity index (χ0v) is 10.8. The Morgan fingerprint density at radius 1 is 1.50 bits per heavy atom. The van der Waals surface area contributed by atoms with Crippen molar-refractivity contribution in [1.29, 1.82) is 0 Å². The molecule has 0 aliphatic rings. The number of hydrogen-bond donors (Lipinski definition) is 1. The van der Waals surface area contributed by atoms with Crippen LogP contribution >= 0.6 is 0 Å². The van der Waals surface area contributed by atoms with Crippen molar-refractivity contribution in [3.8, 4) is 5.75 Å². The van der Waals surface area contributed by atoms with Gasteiger partial charge in [0.05, 0.1) is 18.5 Å². The Hall–Kier alpha value is -1.97. The van der Waals surface area contributed by atoms with Gasteiger partial charge in [-0.25, -0.2) is 0 Å². The van der Waals surface area contributed by atoms with Crippen molar-refractivity contribution in [2.45, 2.75) is 26.3 Å². The molecule has 0 fully saturated rings. The van der Waals surface area contributed by atoms with Gasteiger partial charge in [0.1, 0.15) is 5.75 Å². The number of aromatic nitrogens is 1. The lowest BCUT2D eigenvalue weighted by molar-refractivity contribution is -0.138. The van der Waals surface area contributed by atoms with E-state index >= 15 is 0 Å². The Kier molecular flexibility index (Phi) is 3.28. The number of benzene rings is 1. The first-order valence-corrected chi connectivity index (χ1v) is 5.99. The molecule has 1 aromatic heterocycles. The van der Waals surface area contributed by atoms with Crippen molar-refractivity contribution in [2.24, 2.45) is 0 Å². The lowest BCUT2D eigenvalue weighted by atomic mass is 10.1. The van der Waals surface area contributed by atoms with Gasteiger partial charge in [-0.15, -0.1) is 0 Å². The summed E-state index contributed by atoms with van der Waals surface area (Å²) in [6.07, 6.45) is 0. The number of methoxy groups -OCH3 is 1. The third kappa shape index (κ3) is 1.83. The maximum atomic E-state index is 11.2. The number of para-hydroxylation sites is 1. The molecule has 0 bridgehead atoms. The average Bonchev–Trinajstić information content (AvgIpc) is 2.75. The third-order valence-electron chi connectivity index (χ3n) is 3.27. The molecular weight excluding hydrogens is 230 g/mol. The summed E-state index contributed by atoms with van der Waals surface area (Å²) in [5, 5.41) is 10.2. The van der Waals surface area contributed by atoms with Crippen LogP contribution in [0.1, 0.15) is 25.5 Å². The Balaban J connectivity index is 2.73. The molecule has 0 radical (unpaired) electrons. The number of aryl methyl sites for hydroxylation is 1. The molecule has 0 amide bonds. The van der Waals surface area contributed by atoms with Gasteiger partial charge in [-0.3, -0.25) is 4.79 Å². The molecule has 0 saturated carbocycles. The van der Waals surface area contributed by atoms with Crippen LogP contribution < -0.4 is 4.74 Å². The highest BCUT2D eigenvalue weighted by atomic mass is 16.5. The van der Waals surface area contributed by atoms with Crippen LogP contribution in [-0.4, -0.2) is 22.8 Å². The van der Waals surface area contributed by atoms with Gasteiger partial charge < -0.3 is 14.4 Å². The second-order valence-electron chi connectivity index (χ2n) is 4.27. The van der Waals surface area contributed by atoms with E-state index in [9.17, 15) is 4.79 Å². The van der Waals surface area contributed by atoms with Crippen LogP contribution in [0.15, 0.2) is 24.3 Å². The number of ether oxygens (including phenoxy) is 1. The largest absolute Gasteiger partial charge is 0.495 e. The van der Waals surface area contributed by atoms with Crippen LogP contribution in [0, 0.1) is 0 Å². The number of carbonyl (C=O) groups is 1. The molecule has 18 heavy (non-hydrogen) atoms. The minimum Gasteiger partial charge on any atom is -0.495 e. The average molecular weight is 247 g/mol. The van der Waals surface area contributed by atoms with Crippen LogP contribution in [0.25, 0.3) is 10.9 Å². The molecule has 1 unspecified atom stereocenters. The SMILES string of the molecule is CCn1c(C(C)C(=O)O)cc2cccc(OC)c21. The second-order valence-corrected chi connectivity index (χ2v) is 4.27. The van der Waals surface area contributed by atoms with Crippen molar-refractivity contribution in [3.05, 3.63) is 30.0 Å². The van der Waals surface area contributed by atoms with E-state index in [1.54, 1.807) is 14.0 Å². The molecule has 0 aliphatic carbocycles. The van der Waals surface area contributed by atoms with E-state index in [-0.39, 0.29) is 0 Å². The Morgan fingerprint density at radius 2 is 2.22 bits per heavy atom. The first-order valence-electron chi connectivity index (χ1n) is 5.99. The number of aliphatic carboxylic acids is 1. The summed E-state index contributed by atoms with van der Waals surface area (Å²) in [4.78, 5) is 11.2. The van der Waals surface area contributed by atoms with Gasteiger partial charge in [-0.2, -0.15) is 0 Å². The lowest BCUT2D eigenvalue weighted by Gasteiger charge is -2.12. The number of rotatable bonds is 4. The zero-order valence-electron chi connectivity index (χ0n) is 10.8. The molecule has 0 spiro atoms. The smallest absolute Gasteiger partial charge is 0.312 e. The minimum atomic E-state index is -0.813. The summed E-state index contributed by atoms with van der Waals surface area (Å²) < 4.78 is 7.36. The van der Waals surface area contributed by atoms with Crippen molar-refractivity contribution in [1.82, 2.24) is 4.57 Å². The number of fused-ring (bicyclic) bond motifs is 1. The molecule has 1 N–H and O–H groups in total. The van der Waals surface area contributed by atoms with Gasteiger partial charge in [0.2, 0.25) is 0 Å². The summed E-state index contributed by atoms with van der Waals surface area (Å²) in [5.41, 5.74) is 1.77. The molecule has 1 heterocycles. The Bertz CT molecular complexity index is 586. The van der Waals surface area contributed by atoms with E-state index < -0.39 is 11.9 Å². The standard InChI is InChI=1S/C14H17NO3/c1-4-15-11(9(2)14(16)17)8-10-6-5-7-12(18-3)13(10)15/h5-9H,4H2,1-3H3,(H,16,17). The fourth-order valence-electron chi connectivity index (χ4n) is 2.30. The Morgan fingerprint density at radius 3 is 2.78 bits per heavy atom. The molecule has 0 saturated heterocycles. The molecule has 2 rings (SSSR count). The summed E-state index contributed by atoms with van der Waals surface area (Å²) in [6, 6.07) is 7.71. The van der Waals surface area contributed by atoms with E-state index in [0.29, 0.717) is 0 Å². The fourth-order valence-corrected chi connectivity index (χ4v) is 2.30. The lowest BCUT2D eigenvalue weighted by Crippen LogP contribution is -2.12. The first-order chi connectivity index (χ1) is 8.60. The molecular formula is C14H17NO3. The maximum absolute atomic E-state index is 11.2. The Labute approximate surface area is 106 Å². The van der Waals surface area contributed by atoms with E-state index in [0.717, 1.165) is 28.9 Å². The minimum absolute atomic E-state index is 0.526. The number of nitrogens with zero attached hydrogens (tertiary/aromatic N) is 1. The van der Waals surface area contributed by atoms with E-state index in [2.05, 4.69) is 0 Å². The van der Waals surface area contributed by atoms with Gasteiger partial charge in [-0.1, -0.05) is 12.1 Å². The summed E-state index contributed by atoms with van der Waals surface area (Å²) >= 11 is 0. The molecule has 0 aliphatic heterocycles. The van der Waals surface area contributed by atoms with Crippen molar-refractivity contribution < 1.29 is 14.6 Å².